The molecule has 1 heterocycles. The molecule has 0 saturated heterocycles. The van der Waals surface area contributed by atoms with Crippen LogP contribution in [-0.2, 0) is 20.7 Å². The molecule has 0 aliphatic rings. The van der Waals surface area contributed by atoms with Gasteiger partial charge in [0.15, 0.2) is 5.82 Å². The summed E-state index contributed by atoms with van der Waals surface area (Å²) in [5.41, 5.74) is 0. The number of aryl methyl sites for hydroxylation is 1. The van der Waals surface area contributed by atoms with E-state index in [1.54, 1.807) is 13.8 Å². The van der Waals surface area contributed by atoms with Crippen molar-refractivity contribution in [3.8, 4) is 0 Å². The van der Waals surface area contributed by atoms with Crippen LogP contribution in [0.2, 0.25) is 0 Å². The Kier molecular flexibility index (Phi) is 5.83. The fourth-order valence-electron chi connectivity index (χ4n) is 1.29. The Morgan fingerprint density at radius 1 is 1.39 bits per heavy atom. The Hall–Kier alpha value is -1.92. The molecule has 1 aromatic rings. The van der Waals surface area contributed by atoms with Gasteiger partial charge in [-0.3, -0.25) is 9.59 Å². The van der Waals surface area contributed by atoms with E-state index in [4.69, 9.17) is 9.26 Å². The van der Waals surface area contributed by atoms with Gasteiger partial charge in [-0.05, 0) is 6.92 Å². The van der Waals surface area contributed by atoms with Crippen molar-refractivity contribution >= 4 is 11.9 Å². The largest absolute Gasteiger partial charge is 0.466 e. The van der Waals surface area contributed by atoms with Gasteiger partial charge in [-0.2, -0.15) is 4.98 Å². The predicted octanol–water partition coefficient (Wildman–Crippen LogP) is 0.380. The maximum atomic E-state index is 11.4. The van der Waals surface area contributed by atoms with E-state index in [1.807, 2.05) is 0 Å². The highest BCUT2D eigenvalue weighted by molar-refractivity contribution is 5.81. The number of hydrogen-bond acceptors (Lipinski definition) is 6. The number of rotatable bonds is 7. The van der Waals surface area contributed by atoms with Gasteiger partial charge in [0.05, 0.1) is 13.0 Å². The second kappa shape index (κ2) is 7.41. The van der Waals surface area contributed by atoms with Crippen molar-refractivity contribution in [3.05, 3.63) is 11.7 Å². The van der Waals surface area contributed by atoms with E-state index in [-0.39, 0.29) is 24.7 Å². The van der Waals surface area contributed by atoms with E-state index in [0.717, 1.165) is 0 Å². The number of carbonyl (C=O) groups excluding carboxylic acids is 2. The van der Waals surface area contributed by atoms with Crippen molar-refractivity contribution < 1.29 is 18.8 Å². The second-order valence-corrected chi connectivity index (χ2v) is 3.63. The van der Waals surface area contributed by atoms with Gasteiger partial charge in [0.2, 0.25) is 11.8 Å². The number of hydrogen-bond donors (Lipinski definition) is 1. The second-order valence-electron chi connectivity index (χ2n) is 3.63. The highest BCUT2D eigenvalue weighted by Crippen LogP contribution is 1.96. The third-order valence-electron chi connectivity index (χ3n) is 2.10. The molecule has 0 radical (unpaired) electrons. The van der Waals surface area contributed by atoms with Crippen molar-refractivity contribution in [2.24, 2.45) is 0 Å². The Balaban J connectivity index is 2.12. The summed E-state index contributed by atoms with van der Waals surface area (Å²) in [7, 11) is 0. The van der Waals surface area contributed by atoms with Crippen LogP contribution in [0.3, 0.4) is 0 Å². The van der Waals surface area contributed by atoms with Crippen molar-refractivity contribution in [2.45, 2.75) is 33.1 Å². The summed E-state index contributed by atoms with van der Waals surface area (Å²) in [5.74, 6) is 0.501. The lowest BCUT2D eigenvalue weighted by molar-refractivity contribution is -0.144. The third-order valence-corrected chi connectivity index (χ3v) is 2.10. The van der Waals surface area contributed by atoms with E-state index in [2.05, 4.69) is 15.5 Å². The molecule has 0 atom stereocenters. The molecule has 1 rings (SSSR count). The Morgan fingerprint density at radius 3 is 2.78 bits per heavy atom. The summed E-state index contributed by atoms with van der Waals surface area (Å²) in [6.45, 7) is 4.18. The van der Waals surface area contributed by atoms with Gasteiger partial charge in [0.1, 0.15) is 0 Å². The molecule has 0 bridgehead atoms. The first-order chi connectivity index (χ1) is 8.61. The summed E-state index contributed by atoms with van der Waals surface area (Å²) in [5, 5.41) is 6.37. The minimum atomic E-state index is -0.360. The highest BCUT2D eigenvalue weighted by atomic mass is 16.5. The first-order valence-corrected chi connectivity index (χ1v) is 5.83. The quantitative estimate of drug-likeness (QED) is 0.708. The highest BCUT2D eigenvalue weighted by Gasteiger charge is 2.08. The van der Waals surface area contributed by atoms with Crippen LogP contribution >= 0.6 is 0 Å². The lowest BCUT2D eigenvalue weighted by atomic mass is 10.3. The number of nitrogens with one attached hydrogen (secondary N) is 1. The van der Waals surface area contributed by atoms with Crippen LogP contribution in [0.1, 0.15) is 31.5 Å². The molecule has 1 N–H and O–H groups in total. The molecule has 0 aliphatic heterocycles. The van der Waals surface area contributed by atoms with Crippen LogP contribution in [0, 0.1) is 6.92 Å². The molecular formula is C11H17N3O4. The van der Waals surface area contributed by atoms with Gasteiger partial charge < -0.3 is 14.6 Å². The molecule has 7 heteroatoms. The van der Waals surface area contributed by atoms with Crippen LogP contribution in [-0.4, -0.2) is 35.2 Å². The lowest BCUT2D eigenvalue weighted by Crippen LogP contribution is -2.26. The van der Waals surface area contributed by atoms with Crippen molar-refractivity contribution in [1.29, 1.82) is 0 Å². The monoisotopic (exact) mass is 255 g/mol. The summed E-state index contributed by atoms with van der Waals surface area (Å²) < 4.78 is 9.51. The average Bonchev–Trinajstić information content (AvgIpc) is 2.73. The van der Waals surface area contributed by atoms with Gasteiger partial charge in [-0.1, -0.05) is 5.16 Å². The zero-order valence-corrected chi connectivity index (χ0v) is 10.6. The average molecular weight is 255 g/mol. The van der Waals surface area contributed by atoms with Crippen LogP contribution in [0.4, 0.5) is 0 Å². The number of nitrogens with zero attached hydrogens (tertiary/aromatic N) is 2. The smallest absolute Gasteiger partial charge is 0.306 e. The van der Waals surface area contributed by atoms with E-state index in [1.165, 1.54) is 0 Å². The Labute approximate surface area is 105 Å². The number of amides is 1. The maximum Gasteiger partial charge on any atom is 0.306 e. The van der Waals surface area contributed by atoms with E-state index >= 15 is 0 Å². The van der Waals surface area contributed by atoms with Crippen molar-refractivity contribution in [3.63, 3.8) is 0 Å². The minimum Gasteiger partial charge on any atom is -0.466 e. The summed E-state index contributed by atoms with van der Waals surface area (Å²) in [6.07, 6.45) is 0.730. The van der Waals surface area contributed by atoms with E-state index < -0.39 is 0 Å². The molecule has 1 aromatic heterocycles. The summed E-state index contributed by atoms with van der Waals surface area (Å²) in [4.78, 5) is 26.4. The normalized spacial score (nSPS) is 10.1. The van der Waals surface area contributed by atoms with Crippen molar-refractivity contribution in [1.82, 2.24) is 15.5 Å². The fourth-order valence-corrected chi connectivity index (χ4v) is 1.29. The van der Waals surface area contributed by atoms with E-state index in [0.29, 0.717) is 31.3 Å². The number of ether oxygens (including phenoxy) is 1. The van der Waals surface area contributed by atoms with Crippen LogP contribution in [0.5, 0.6) is 0 Å². The van der Waals surface area contributed by atoms with Crippen LogP contribution < -0.4 is 5.32 Å². The molecule has 18 heavy (non-hydrogen) atoms. The molecule has 0 unspecified atom stereocenters. The topological polar surface area (TPSA) is 94.3 Å². The zero-order chi connectivity index (χ0) is 13.4. The lowest BCUT2D eigenvalue weighted by Gasteiger charge is -2.03. The first kappa shape index (κ1) is 14.1. The van der Waals surface area contributed by atoms with Gasteiger partial charge in [-0.15, -0.1) is 0 Å². The SMILES string of the molecule is CCOC(=O)CCC(=O)NCCc1noc(C)n1. The molecule has 0 fully saturated rings. The molecule has 0 aromatic carbocycles. The zero-order valence-electron chi connectivity index (χ0n) is 10.6. The van der Waals surface area contributed by atoms with Gasteiger partial charge in [-0.25, -0.2) is 0 Å². The molecular weight excluding hydrogens is 238 g/mol. The molecule has 0 aliphatic carbocycles. The first-order valence-electron chi connectivity index (χ1n) is 5.83. The van der Waals surface area contributed by atoms with Crippen LogP contribution in [0.25, 0.3) is 0 Å². The number of aromatic nitrogens is 2. The maximum absolute atomic E-state index is 11.4. The number of esters is 1. The van der Waals surface area contributed by atoms with Gasteiger partial charge in [0, 0.05) is 26.3 Å². The van der Waals surface area contributed by atoms with Crippen molar-refractivity contribution in [2.75, 3.05) is 13.2 Å². The number of carbonyl (C=O) groups is 2. The molecule has 1 amide bonds. The van der Waals surface area contributed by atoms with E-state index in [9.17, 15) is 9.59 Å². The van der Waals surface area contributed by atoms with Gasteiger partial charge >= 0.3 is 5.97 Å². The Morgan fingerprint density at radius 2 is 2.17 bits per heavy atom. The summed E-state index contributed by atoms with van der Waals surface area (Å²) in [6, 6.07) is 0. The third kappa shape index (κ3) is 5.42. The Bertz CT molecular complexity index is 403. The minimum absolute atomic E-state index is 0.0982. The summed E-state index contributed by atoms with van der Waals surface area (Å²) >= 11 is 0. The molecule has 7 nitrogen and oxygen atoms in total. The van der Waals surface area contributed by atoms with Crippen LogP contribution in [0.15, 0.2) is 4.52 Å². The standard InChI is InChI=1S/C11H17N3O4/c1-3-17-11(16)5-4-10(15)12-7-6-9-13-8(2)18-14-9/h3-7H2,1-2H3,(H,12,15). The van der Waals surface area contributed by atoms with Gasteiger partial charge in [0.25, 0.3) is 0 Å². The molecule has 0 saturated carbocycles. The molecule has 100 valence electrons. The molecule has 0 spiro atoms. The predicted molar refractivity (Wildman–Crippen MR) is 61.6 cm³/mol. The fraction of sp³-hybridized carbons (Fsp3) is 0.636.